The van der Waals surface area contributed by atoms with Crippen LogP contribution in [-0.2, 0) is 80.6 Å². The third kappa shape index (κ3) is 16.3. The maximum atomic E-state index is 16.0. The SMILES string of the molecule is CC1OC(OC2C(OC(=O)C34CCC5(C)C(=CCC6C7(C)CCC(OC8OC(COC9OC(CO)C(O)C(O)C9OC9OCC(O)C(O)C9O)C(O)C(O)C8OC8OC(CO)C(O)C(O)C8O)C(C)(C)C7CCC65C)C3CC(C)(C)C(O)C4)OC(CO)C(O)C2O)C(O)C(OC2OC(CO)C(O)C(O)C2O)C1OC1OC(CO)C(O)C1O. The van der Waals surface area contributed by atoms with Crippen LogP contribution < -0.4 is 0 Å². The molecule has 41 nitrogen and oxygen atoms in total. The summed E-state index contributed by atoms with van der Waals surface area (Å²) in [7, 11) is 0. The molecule has 0 spiro atoms. The second-order valence-corrected chi connectivity index (χ2v) is 36.6. The minimum Gasteiger partial charge on any atom is -0.432 e. The van der Waals surface area contributed by atoms with Gasteiger partial charge in [0.2, 0.25) is 6.29 Å². The molecule has 674 valence electrons. The Balaban J connectivity index is 0.752. The van der Waals surface area contributed by atoms with Gasteiger partial charge in [0.15, 0.2) is 50.1 Å². The third-order valence-electron chi connectivity index (χ3n) is 29.3. The van der Waals surface area contributed by atoms with Crippen molar-refractivity contribution < 1.29 is 203 Å². The molecular formula is C76H124O41. The number of hydrogen-bond donors (Lipinski definition) is 24. The number of hydrogen-bond acceptors (Lipinski definition) is 41. The number of allylic oxidation sites excluding steroid dienone is 2. The first-order valence-electron chi connectivity index (χ1n) is 40.7. The average Bonchev–Trinajstić information content (AvgIpc) is 0.831. The van der Waals surface area contributed by atoms with Crippen LogP contribution in [0.5, 0.6) is 0 Å². The number of rotatable bonds is 22. The van der Waals surface area contributed by atoms with Crippen LogP contribution in [-0.4, -0.2) is 420 Å². The van der Waals surface area contributed by atoms with Crippen molar-refractivity contribution in [3.63, 3.8) is 0 Å². The van der Waals surface area contributed by atoms with Gasteiger partial charge in [-0.1, -0.05) is 60.1 Å². The summed E-state index contributed by atoms with van der Waals surface area (Å²) in [6.07, 6.45) is -64.9. The summed E-state index contributed by atoms with van der Waals surface area (Å²) in [5, 5.41) is 264. The minimum atomic E-state index is -2.17. The summed E-state index contributed by atoms with van der Waals surface area (Å²) in [5.74, 6) is -1.70. The number of ether oxygens (including phenoxy) is 16. The molecule has 0 bridgehead atoms. The molecule has 0 radical (unpaired) electrons. The van der Waals surface area contributed by atoms with E-state index in [2.05, 4.69) is 26.8 Å². The molecule has 13 rings (SSSR count). The predicted molar refractivity (Wildman–Crippen MR) is 381 cm³/mol. The zero-order valence-electron chi connectivity index (χ0n) is 66.4. The van der Waals surface area contributed by atoms with E-state index in [4.69, 9.17) is 75.8 Å². The van der Waals surface area contributed by atoms with E-state index in [0.29, 0.717) is 38.5 Å². The molecule has 4 saturated carbocycles. The van der Waals surface area contributed by atoms with Crippen molar-refractivity contribution in [1.82, 2.24) is 0 Å². The van der Waals surface area contributed by atoms with Crippen molar-refractivity contribution in [1.29, 1.82) is 0 Å². The van der Waals surface area contributed by atoms with Crippen LogP contribution >= 0.6 is 0 Å². The highest BCUT2D eigenvalue weighted by Crippen LogP contribution is 2.76. The third-order valence-corrected chi connectivity index (χ3v) is 29.3. The second-order valence-electron chi connectivity index (χ2n) is 36.6. The molecular weight excluding hydrogens is 1570 g/mol. The highest BCUT2D eigenvalue weighted by molar-refractivity contribution is 5.79. The first-order valence-corrected chi connectivity index (χ1v) is 40.7. The van der Waals surface area contributed by atoms with Gasteiger partial charge in [-0.25, -0.2) is 0 Å². The Hall–Kier alpha value is -2.35. The molecule has 41 heteroatoms. The number of carbonyl (C=O) groups excluding carboxylic acids is 1. The molecule has 8 saturated heterocycles. The molecule has 0 aromatic heterocycles. The molecule has 117 heavy (non-hydrogen) atoms. The Labute approximate surface area is 673 Å². The number of fused-ring (bicyclic) bond motifs is 7. The molecule has 12 fully saturated rings. The van der Waals surface area contributed by atoms with Gasteiger partial charge in [-0.2, -0.15) is 0 Å². The van der Waals surface area contributed by atoms with Gasteiger partial charge < -0.3 is 198 Å². The number of carbonyl (C=O) groups is 1. The summed E-state index contributed by atoms with van der Waals surface area (Å²) in [6, 6.07) is 0. The van der Waals surface area contributed by atoms with Gasteiger partial charge in [-0.15, -0.1) is 0 Å². The van der Waals surface area contributed by atoms with E-state index in [9.17, 15) is 123 Å². The standard InChI is InChI=1S/C76H124O41/c1-26-57(112-63-53(97)45(89)34(23-81)107-63)58(113-64-54(98)47(91)41(85)30(19-77)105-64)56(100)66(104-26)116-61-50(94)44(88)33(22-80)109-69(61)117-70(101)76-16-15-74(7)27(28(76)17-71(2,3)38(83)18-76)9-10-37-73(6)13-12-39(72(4,5)36(73)11-14-75(37,74)8)111-68-60(115-65-55(99)48(92)42(86)31(20-78)106-65)51(95)46(90)35(110-68)25-103-67-59(49(93)43(87)32(21-79)108-67)114-62-52(96)40(84)29(82)24-102-62/h9,26,28-69,77-100H,10-25H2,1-8H3. The summed E-state index contributed by atoms with van der Waals surface area (Å²) in [5.41, 5.74) is -3.77. The van der Waals surface area contributed by atoms with E-state index >= 15 is 4.79 Å². The van der Waals surface area contributed by atoms with Gasteiger partial charge in [0.25, 0.3) is 0 Å². The van der Waals surface area contributed by atoms with Crippen molar-refractivity contribution in [2.24, 2.45) is 50.2 Å². The smallest absolute Gasteiger partial charge is 0.315 e. The van der Waals surface area contributed by atoms with Gasteiger partial charge in [0.1, 0.15) is 171 Å². The lowest BCUT2D eigenvalue weighted by Gasteiger charge is -2.71. The van der Waals surface area contributed by atoms with Crippen LogP contribution in [0, 0.1) is 50.2 Å². The van der Waals surface area contributed by atoms with Crippen LogP contribution in [0.25, 0.3) is 0 Å². The van der Waals surface area contributed by atoms with E-state index < -0.39 is 336 Å². The Morgan fingerprint density at radius 3 is 1.39 bits per heavy atom. The van der Waals surface area contributed by atoms with E-state index in [0.717, 1.165) is 5.57 Å². The van der Waals surface area contributed by atoms with E-state index in [1.807, 2.05) is 27.7 Å². The van der Waals surface area contributed by atoms with Gasteiger partial charge in [0, 0.05) is 0 Å². The molecule has 0 amide bonds. The first kappa shape index (κ1) is 92.3. The normalized spacial score (nSPS) is 54.4. The molecule has 13 aliphatic rings. The highest BCUT2D eigenvalue weighted by atomic mass is 16.8. The summed E-state index contributed by atoms with van der Waals surface area (Å²) in [4.78, 5) is 16.0. The lowest BCUT2D eigenvalue weighted by Crippen LogP contribution is -2.68. The molecule has 5 aliphatic carbocycles. The molecule has 0 aromatic carbocycles. The highest BCUT2D eigenvalue weighted by Gasteiger charge is 2.72. The Bertz CT molecular complexity index is 3350. The quantitative estimate of drug-likeness (QED) is 0.0272. The van der Waals surface area contributed by atoms with Gasteiger partial charge in [-0.3, -0.25) is 4.79 Å². The fourth-order valence-corrected chi connectivity index (χ4v) is 21.8. The predicted octanol–water partition coefficient (Wildman–Crippen LogP) is -9.46. The van der Waals surface area contributed by atoms with Gasteiger partial charge in [-0.05, 0) is 110 Å². The molecule has 8 heterocycles. The zero-order chi connectivity index (χ0) is 85.3. The Morgan fingerprint density at radius 2 is 0.846 bits per heavy atom. The van der Waals surface area contributed by atoms with E-state index in [1.54, 1.807) is 0 Å². The van der Waals surface area contributed by atoms with Crippen molar-refractivity contribution in [3.8, 4) is 0 Å². The number of aliphatic hydroxyl groups excluding tert-OH is 24. The monoisotopic (exact) mass is 1690 g/mol. The minimum absolute atomic E-state index is 0.0503. The van der Waals surface area contributed by atoms with Crippen molar-refractivity contribution >= 4 is 5.97 Å². The lowest BCUT2D eigenvalue weighted by atomic mass is 9.33. The summed E-state index contributed by atoms with van der Waals surface area (Å²) >= 11 is 0. The molecule has 0 aromatic rings. The summed E-state index contributed by atoms with van der Waals surface area (Å²) in [6.45, 7) is 10.5. The maximum Gasteiger partial charge on any atom is 0.315 e. The average molecular weight is 1690 g/mol. The van der Waals surface area contributed by atoms with Crippen LogP contribution in [0.1, 0.15) is 113 Å². The zero-order valence-corrected chi connectivity index (χ0v) is 66.4. The summed E-state index contributed by atoms with van der Waals surface area (Å²) < 4.78 is 97.2. The van der Waals surface area contributed by atoms with Crippen molar-refractivity contribution in [2.75, 3.05) is 46.2 Å². The van der Waals surface area contributed by atoms with Crippen LogP contribution in [0.2, 0.25) is 0 Å². The van der Waals surface area contributed by atoms with Crippen LogP contribution in [0.4, 0.5) is 0 Å². The molecule has 47 unspecified atom stereocenters. The number of esters is 1. The van der Waals surface area contributed by atoms with Crippen molar-refractivity contribution in [2.45, 2.75) is 359 Å². The maximum absolute atomic E-state index is 16.0. The van der Waals surface area contributed by atoms with Crippen LogP contribution in [0.15, 0.2) is 11.6 Å². The largest absolute Gasteiger partial charge is 0.432 e. The van der Waals surface area contributed by atoms with Crippen LogP contribution in [0.3, 0.4) is 0 Å². The first-order chi connectivity index (χ1) is 55.0. The topological polar surface area (TPSA) is 650 Å². The van der Waals surface area contributed by atoms with E-state index in [1.165, 1.54) is 6.92 Å². The molecule has 8 aliphatic heterocycles. The second kappa shape index (κ2) is 35.5. The van der Waals surface area contributed by atoms with Crippen molar-refractivity contribution in [3.05, 3.63) is 11.6 Å². The Kier molecular flexibility index (Phi) is 28.0. The van der Waals surface area contributed by atoms with Gasteiger partial charge in [0.05, 0.1) is 70.0 Å². The fourth-order valence-electron chi connectivity index (χ4n) is 21.8. The fraction of sp³-hybridized carbons (Fsp3) is 0.961. The molecule has 47 atom stereocenters. The lowest BCUT2D eigenvalue weighted by molar-refractivity contribution is -0.390. The van der Waals surface area contributed by atoms with E-state index in [-0.39, 0.29) is 31.1 Å². The number of aliphatic hydroxyl groups is 24. The Morgan fingerprint density at radius 1 is 0.410 bits per heavy atom. The van der Waals surface area contributed by atoms with Gasteiger partial charge >= 0.3 is 5.97 Å². The molecule has 24 N–H and O–H groups in total.